The van der Waals surface area contributed by atoms with E-state index in [1.54, 1.807) is 24.3 Å². The molecule has 0 spiro atoms. The molecule has 6 nitrogen and oxygen atoms in total. The molecule has 0 saturated carbocycles. The lowest BCUT2D eigenvalue weighted by atomic mass is 10.2. The summed E-state index contributed by atoms with van der Waals surface area (Å²) < 4.78 is 38.5. The third kappa shape index (κ3) is 3.96. The second-order valence-electron chi connectivity index (χ2n) is 6.10. The minimum atomic E-state index is -3.83. The second-order valence-corrected chi connectivity index (χ2v) is 9.83. The molecule has 0 bridgehead atoms. The molecule has 1 aliphatic heterocycles. The highest BCUT2D eigenvalue weighted by Crippen LogP contribution is 2.34. The molecule has 142 valence electrons. The molecule has 3 aromatic rings. The summed E-state index contributed by atoms with van der Waals surface area (Å²) in [5.74, 6) is 0.437. The Morgan fingerprint density at radius 3 is 2.74 bits per heavy atom. The molecule has 4 rings (SSSR count). The van der Waals surface area contributed by atoms with Crippen molar-refractivity contribution in [3.05, 3.63) is 46.3 Å². The third-order valence-electron chi connectivity index (χ3n) is 4.22. The van der Waals surface area contributed by atoms with Crippen molar-refractivity contribution in [1.29, 1.82) is 0 Å². The molecule has 0 amide bonds. The number of nitrogens with zero attached hydrogens (tertiary/aromatic N) is 1. The van der Waals surface area contributed by atoms with Crippen LogP contribution in [0.5, 0.6) is 0 Å². The van der Waals surface area contributed by atoms with Crippen LogP contribution in [0.2, 0.25) is 0 Å². The molecular formula is C18H17BrN2O4S2. The zero-order chi connectivity index (χ0) is 18.9. The van der Waals surface area contributed by atoms with Gasteiger partial charge in [0, 0.05) is 17.6 Å². The number of rotatable bonds is 6. The number of nitrogens with one attached hydrogen (secondary N) is 1. The van der Waals surface area contributed by atoms with Gasteiger partial charge in [-0.1, -0.05) is 22.0 Å². The lowest BCUT2D eigenvalue weighted by molar-refractivity contribution is 0.120. The van der Waals surface area contributed by atoms with E-state index in [1.807, 2.05) is 17.5 Å². The van der Waals surface area contributed by atoms with Gasteiger partial charge in [0.1, 0.15) is 0 Å². The molecule has 0 aliphatic carbocycles. The molecule has 0 radical (unpaired) electrons. The van der Waals surface area contributed by atoms with Crippen LogP contribution in [0.3, 0.4) is 0 Å². The Hall–Kier alpha value is -1.68. The van der Waals surface area contributed by atoms with Crippen molar-refractivity contribution < 1.29 is 17.6 Å². The minimum Gasteiger partial charge on any atom is -0.418 e. The topological polar surface area (TPSA) is 81.4 Å². The largest absolute Gasteiger partial charge is 0.418 e. The summed E-state index contributed by atoms with van der Waals surface area (Å²) in [5.41, 5.74) is 0. The van der Waals surface area contributed by atoms with E-state index in [2.05, 4.69) is 26.2 Å². The number of sulfone groups is 1. The average Bonchev–Trinajstić information content (AvgIpc) is 3.40. The summed E-state index contributed by atoms with van der Waals surface area (Å²) in [6.07, 6.45) is 1.99. The van der Waals surface area contributed by atoms with Crippen LogP contribution in [-0.2, 0) is 14.6 Å². The van der Waals surface area contributed by atoms with Crippen LogP contribution >= 0.6 is 27.3 Å². The average molecular weight is 469 g/mol. The van der Waals surface area contributed by atoms with E-state index in [0.717, 1.165) is 28.8 Å². The normalized spacial score (nSPS) is 17.3. The number of thiophene rings is 1. The lowest BCUT2D eigenvalue weighted by Crippen LogP contribution is -2.19. The maximum atomic E-state index is 13.1. The zero-order valence-electron chi connectivity index (χ0n) is 14.2. The van der Waals surface area contributed by atoms with Crippen LogP contribution in [0.15, 0.2) is 60.6 Å². The van der Waals surface area contributed by atoms with Gasteiger partial charge in [-0.3, -0.25) is 0 Å². The van der Waals surface area contributed by atoms with Crippen molar-refractivity contribution in [1.82, 2.24) is 4.98 Å². The van der Waals surface area contributed by atoms with Crippen molar-refractivity contribution in [2.45, 2.75) is 28.9 Å². The predicted molar refractivity (Wildman–Crippen MR) is 107 cm³/mol. The fourth-order valence-electron chi connectivity index (χ4n) is 2.84. The first-order valence-electron chi connectivity index (χ1n) is 8.45. The summed E-state index contributed by atoms with van der Waals surface area (Å²) in [6, 6.07) is 10.2. The van der Waals surface area contributed by atoms with E-state index in [4.69, 9.17) is 9.15 Å². The van der Waals surface area contributed by atoms with Crippen molar-refractivity contribution in [2.24, 2.45) is 0 Å². The van der Waals surface area contributed by atoms with Gasteiger partial charge in [0.05, 0.1) is 15.9 Å². The van der Waals surface area contributed by atoms with Gasteiger partial charge in [-0.15, -0.1) is 11.3 Å². The van der Waals surface area contributed by atoms with E-state index in [0.29, 0.717) is 6.54 Å². The first kappa shape index (κ1) is 18.7. The minimum absolute atomic E-state index is 0.0449. The maximum Gasteiger partial charge on any atom is 0.240 e. The number of ether oxygens (including phenoxy) is 1. The first-order chi connectivity index (χ1) is 13.0. The van der Waals surface area contributed by atoms with Crippen LogP contribution in [0, 0.1) is 0 Å². The van der Waals surface area contributed by atoms with Crippen molar-refractivity contribution in [2.75, 3.05) is 18.5 Å². The Bertz CT molecular complexity index is 1010. The van der Waals surface area contributed by atoms with Gasteiger partial charge in [-0.05, 0) is 48.6 Å². The van der Waals surface area contributed by atoms with Gasteiger partial charge in [-0.25, -0.2) is 8.42 Å². The van der Waals surface area contributed by atoms with Crippen molar-refractivity contribution in [3.63, 3.8) is 0 Å². The summed E-state index contributed by atoms with van der Waals surface area (Å²) in [4.78, 5) is 5.24. The van der Waals surface area contributed by atoms with E-state index >= 15 is 0 Å². The highest BCUT2D eigenvalue weighted by molar-refractivity contribution is 9.10. The molecule has 1 atom stereocenters. The molecule has 1 fully saturated rings. The quantitative estimate of drug-likeness (QED) is 0.569. The molecule has 3 heterocycles. The molecule has 2 aromatic heterocycles. The smallest absolute Gasteiger partial charge is 0.240 e. The number of hydrogen-bond acceptors (Lipinski definition) is 7. The molecule has 9 heteroatoms. The highest BCUT2D eigenvalue weighted by Gasteiger charge is 2.29. The van der Waals surface area contributed by atoms with Gasteiger partial charge < -0.3 is 14.5 Å². The molecule has 1 aromatic carbocycles. The standard InChI is InChI=1S/C18H17BrN2O4S2/c19-12-5-7-14(8-6-12)27(22,23)18-17(20-11-13-3-1-9-24-13)25-16(21-18)15-4-2-10-26-15/h2,4-8,10,13,20H,1,3,9,11H2. The van der Waals surface area contributed by atoms with Gasteiger partial charge in [0.2, 0.25) is 26.6 Å². The fourth-order valence-corrected chi connectivity index (χ4v) is 5.03. The SMILES string of the molecule is O=S(=O)(c1ccc(Br)cc1)c1nc(-c2cccs2)oc1NCC1CCCO1. The fraction of sp³-hybridized carbons (Fsp3) is 0.278. The molecular weight excluding hydrogens is 452 g/mol. The highest BCUT2D eigenvalue weighted by atomic mass is 79.9. The van der Waals surface area contributed by atoms with Crippen LogP contribution in [0.4, 0.5) is 5.88 Å². The van der Waals surface area contributed by atoms with E-state index in [-0.39, 0.29) is 27.8 Å². The summed E-state index contributed by atoms with van der Waals surface area (Å²) >= 11 is 4.76. The van der Waals surface area contributed by atoms with Crippen LogP contribution in [-0.4, -0.2) is 32.7 Å². The zero-order valence-corrected chi connectivity index (χ0v) is 17.4. The number of hydrogen-bond donors (Lipinski definition) is 1. The number of aromatic nitrogens is 1. The van der Waals surface area contributed by atoms with Crippen molar-refractivity contribution >= 4 is 43.0 Å². The summed E-state index contributed by atoms with van der Waals surface area (Å²) in [6.45, 7) is 1.20. The monoisotopic (exact) mass is 468 g/mol. The number of anilines is 1. The van der Waals surface area contributed by atoms with Crippen molar-refractivity contribution in [3.8, 4) is 10.8 Å². The van der Waals surface area contributed by atoms with E-state index in [9.17, 15) is 8.42 Å². The first-order valence-corrected chi connectivity index (χ1v) is 11.6. The Morgan fingerprint density at radius 1 is 1.26 bits per heavy atom. The lowest BCUT2D eigenvalue weighted by Gasteiger charge is -2.10. The third-order valence-corrected chi connectivity index (χ3v) is 7.29. The predicted octanol–water partition coefficient (Wildman–Crippen LogP) is 4.59. The van der Waals surface area contributed by atoms with Gasteiger partial charge >= 0.3 is 0 Å². The van der Waals surface area contributed by atoms with E-state index < -0.39 is 9.84 Å². The number of halogens is 1. The van der Waals surface area contributed by atoms with Crippen LogP contribution < -0.4 is 5.32 Å². The molecule has 1 N–H and O–H groups in total. The number of benzene rings is 1. The Kier molecular flexibility index (Phi) is 5.36. The van der Waals surface area contributed by atoms with Gasteiger partial charge in [0.25, 0.3) is 0 Å². The Balaban J connectivity index is 1.71. The number of oxazole rings is 1. The molecule has 27 heavy (non-hydrogen) atoms. The van der Waals surface area contributed by atoms with Gasteiger partial charge in [-0.2, -0.15) is 4.98 Å². The van der Waals surface area contributed by atoms with E-state index in [1.165, 1.54) is 11.3 Å². The Labute approximate surface area is 169 Å². The van der Waals surface area contributed by atoms with Crippen LogP contribution in [0.25, 0.3) is 10.8 Å². The molecule has 1 saturated heterocycles. The van der Waals surface area contributed by atoms with Gasteiger partial charge in [0.15, 0.2) is 0 Å². The van der Waals surface area contributed by atoms with Crippen LogP contribution in [0.1, 0.15) is 12.8 Å². The maximum absolute atomic E-state index is 13.1. The Morgan fingerprint density at radius 2 is 2.07 bits per heavy atom. The summed E-state index contributed by atoms with van der Waals surface area (Å²) in [5, 5.41) is 4.87. The summed E-state index contributed by atoms with van der Waals surface area (Å²) in [7, 11) is -3.83. The second kappa shape index (κ2) is 7.75. The molecule has 1 aliphatic rings. The molecule has 1 unspecified atom stereocenters.